The fraction of sp³-hybridized carbons (Fsp3) is 0.143. The number of aliphatic hydroxyl groups excluding tert-OH is 1. The van der Waals surface area contributed by atoms with Crippen LogP contribution in [0.15, 0.2) is 36.4 Å². The highest BCUT2D eigenvalue weighted by Gasteiger charge is 2.12. The van der Waals surface area contributed by atoms with Crippen molar-refractivity contribution >= 4 is 17.3 Å². The molecule has 2 aromatic carbocycles. The summed E-state index contributed by atoms with van der Waals surface area (Å²) in [5.41, 5.74) is 0.318. The Labute approximate surface area is 118 Å². The van der Waals surface area contributed by atoms with Gasteiger partial charge in [-0.05, 0) is 29.8 Å². The van der Waals surface area contributed by atoms with Crippen molar-refractivity contribution in [2.24, 2.45) is 0 Å². The van der Waals surface area contributed by atoms with Crippen LogP contribution in [0.2, 0.25) is 5.02 Å². The maximum atomic E-state index is 13.6. The Bertz CT molecular complexity index is 621. The molecule has 0 fully saturated rings. The summed E-state index contributed by atoms with van der Waals surface area (Å²) < 4.78 is 39.4. The van der Waals surface area contributed by atoms with Crippen LogP contribution in [0.25, 0.3) is 0 Å². The zero-order valence-electron chi connectivity index (χ0n) is 10.2. The number of benzene rings is 2. The number of aliphatic hydroxyl groups is 1. The van der Waals surface area contributed by atoms with Gasteiger partial charge in [-0.3, -0.25) is 0 Å². The number of hydrogen-bond donors (Lipinski definition) is 2. The fourth-order valence-electron chi connectivity index (χ4n) is 1.68. The van der Waals surface area contributed by atoms with Gasteiger partial charge in [-0.2, -0.15) is 0 Å². The van der Waals surface area contributed by atoms with Crippen LogP contribution in [0, 0.1) is 17.5 Å². The Morgan fingerprint density at radius 2 is 1.85 bits per heavy atom. The van der Waals surface area contributed by atoms with Gasteiger partial charge in [0.2, 0.25) is 0 Å². The molecule has 0 aliphatic rings. The summed E-state index contributed by atoms with van der Waals surface area (Å²) in [5, 5.41) is 12.5. The smallest absolute Gasteiger partial charge is 0.164 e. The molecule has 6 heteroatoms. The van der Waals surface area contributed by atoms with Crippen LogP contribution in [0.5, 0.6) is 0 Å². The van der Waals surface area contributed by atoms with Crippen molar-refractivity contribution in [3.05, 3.63) is 64.4 Å². The molecule has 1 unspecified atom stereocenters. The van der Waals surface area contributed by atoms with E-state index in [1.54, 1.807) is 6.07 Å². The fourth-order valence-corrected chi connectivity index (χ4v) is 1.86. The van der Waals surface area contributed by atoms with E-state index >= 15 is 0 Å². The second-order valence-corrected chi connectivity index (χ2v) is 4.58. The summed E-state index contributed by atoms with van der Waals surface area (Å²) in [4.78, 5) is 0. The van der Waals surface area contributed by atoms with E-state index in [0.717, 1.165) is 12.1 Å². The van der Waals surface area contributed by atoms with Crippen LogP contribution in [-0.2, 0) is 0 Å². The van der Waals surface area contributed by atoms with Crippen molar-refractivity contribution < 1.29 is 18.3 Å². The molecule has 2 N–H and O–H groups in total. The monoisotopic (exact) mass is 301 g/mol. The lowest BCUT2D eigenvalue weighted by Gasteiger charge is -2.14. The topological polar surface area (TPSA) is 32.3 Å². The van der Waals surface area contributed by atoms with Crippen molar-refractivity contribution in [1.29, 1.82) is 0 Å². The summed E-state index contributed by atoms with van der Waals surface area (Å²) in [7, 11) is 0. The van der Waals surface area contributed by atoms with E-state index in [2.05, 4.69) is 5.32 Å². The van der Waals surface area contributed by atoms with E-state index in [4.69, 9.17) is 11.6 Å². The second kappa shape index (κ2) is 6.15. The predicted molar refractivity (Wildman–Crippen MR) is 71.2 cm³/mol. The van der Waals surface area contributed by atoms with Gasteiger partial charge in [-0.15, -0.1) is 0 Å². The number of nitrogens with one attached hydrogen (secondary N) is 1. The highest BCUT2D eigenvalue weighted by atomic mass is 35.5. The van der Waals surface area contributed by atoms with Crippen LogP contribution in [0.1, 0.15) is 11.7 Å². The maximum absolute atomic E-state index is 13.6. The van der Waals surface area contributed by atoms with Crippen molar-refractivity contribution in [1.82, 2.24) is 0 Å². The molecule has 2 rings (SSSR count). The molecular weight excluding hydrogens is 291 g/mol. The van der Waals surface area contributed by atoms with Gasteiger partial charge in [-0.25, -0.2) is 13.2 Å². The zero-order chi connectivity index (χ0) is 14.7. The molecule has 0 aromatic heterocycles. The lowest BCUT2D eigenvalue weighted by molar-refractivity contribution is 0.191. The first kappa shape index (κ1) is 14.7. The molecule has 0 saturated carbocycles. The lowest BCUT2D eigenvalue weighted by Crippen LogP contribution is -2.13. The van der Waals surface area contributed by atoms with E-state index in [0.29, 0.717) is 0 Å². The molecule has 0 amide bonds. The highest BCUT2D eigenvalue weighted by Crippen LogP contribution is 2.23. The van der Waals surface area contributed by atoms with Crippen LogP contribution in [0.3, 0.4) is 0 Å². The SMILES string of the molecule is OC(CNc1cccc(Cl)c1F)c1ccc(F)c(F)c1. The van der Waals surface area contributed by atoms with Crippen LogP contribution < -0.4 is 5.32 Å². The quantitative estimate of drug-likeness (QED) is 0.897. The average Bonchev–Trinajstić information content (AvgIpc) is 2.43. The van der Waals surface area contributed by atoms with E-state index in [1.807, 2.05) is 0 Å². The lowest BCUT2D eigenvalue weighted by atomic mass is 10.1. The summed E-state index contributed by atoms with van der Waals surface area (Å²) >= 11 is 5.62. The van der Waals surface area contributed by atoms with Gasteiger partial charge in [-0.1, -0.05) is 23.7 Å². The first-order valence-corrected chi connectivity index (χ1v) is 6.17. The molecule has 2 aromatic rings. The summed E-state index contributed by atoms with van der Waals surface area (Å²) in [6, 6.07) is 7.49. The highest BCUT2D eigenvalue weighted by molar-refractivity contribution is 6.31. The van der Waals surface area contributed by atoms with E-state index in [9.17, 15) is 18.3 Å². The third kappa shape index (κ3) is 3.23. The summed E-state index contributed by atoms with van der Waals surface area (Å²) in [6.45, 7) is -0.0671. The maximum Gasteiger partial charge on any atom is 0.164 e. The largest absolute Gasteiger partial charge is 0.387 e. The molecule has 0 radical (unpaired) electrons. The van der Waals surface area contributed by atoms with Crippen LogP contribution >= 0.6 is 11.6 Å². The van der Waals surface area contributed by atoms with Crippen LogP contribution in [0.4, 0.5) is 18.9 Å². The molecule has 0 spiro atoms. The molecular formula is C14H11ClF3NO. The molecule has 0 saturated heterocycles. The summed E-state index contributed by atoms with van der Waals surface area (Å²) in [6.07, 6.45) is -1.11. The molecule has 0 bridgehead atoms. The standard InChI is InChI=1S/C14H11ClF3NO/c15-9-2-1-3-12(14(9)18)19-7-13(20)8-4-5-10(16)11(17)6-8/h1-6,13,19-20H,7H2. The molecule has 106 valence electrons. The minimum Gasteiger partial charge on any atom is -0.387 e. The van der Waals surface area contributed by atoms with Crippen LogP contribution in [-0.4, -0.2) is 11.7 Å². The molecule has 20 heavy (non-hydrogen) atoms. The van der Waals surface area contributed by atoms with Gasteiger partial charge >= 0.3 is 0 Å². The Kier molecular flexibility index (Phi) is 4.52. The van der Waals surface area contributed by atoms with Gasteiger partial charge in [0.05, 0.1) is 16.8 Å². The van der Waals surface area contributed by atoms with Gasteiger partial charge in [0.1, 0.15) is 0 Å². The van der Waals surface area contributed by atoms with Crippen molar-refractivity contribution in [2.75, 3.05) is 11.9 Å². The van der Waals surface area contributed by atoms with Gasteiger partial charge in [0.15, 0.2) is 17.5 Å². The number of rotatable bonds is 4. The van der Waals surface area contributed by atoms with Crippen molar-refractivity contribution in [3.63, 3.8) is 0 Å². The number of anilines is 1. The van der Waals surface area contributed by atoms with E-state index < -0.39 is 23.6 Å². The molecule has 1 atom stereocenters. The summed E-state index contributed by atoms with van der Waals surface area (Å²) in [5.74, 6) is -2.67. The predicted octanol–water partition coefficient (Wildman–Crippen LogP) is 3.90. The Balaban J connectivity index is 2.06. The first-order valence-electron chi connectivity index (χ1n) is 5.80. The zero-order valence-corrected chi connectivity index (χ0v) is 11.0. The minimum atomic E-state index is -1.11. The molecule has 0 heterocycles. The third-order valence-electron chi connectivity index (χ3n) is 2.77. The van der Waals surface area contributed by atoms with Gasteiger partial charge in [0.25, 0.3) is 0 Å². The van der Waals surface area contributed by atoms with Crippen molar-refractivity contribution in [2.45, 2.75) is 6.10 Å². The molecule has 0 aliphatic carbocycles. The molecule has 0 aliphatic heterocycles. The third-order valence-corrected chi connectivity index (χ3v) is 3.06. The van der Waals surface area contributed by atoms with Gasteiger partial charge in [0, 0.05) is 6.54 Å². The number of halogens is 4. The van der Waals surface area contributed by atoms with Crippen molar-refractivity contribution in [3.8, 4) is 0 Å². The Morgan fingerprint density at radius 3 is 2.55 bits per heavy atom. The first-order chi connectivity index (χ1) is 9.49. The second-order valence-electron chi connectivity index (χ2n) is 4.17. The van der Waals surface area contributed by atoms with E-state index in [1.165, 1.54) is 18.2 Å². The normalized spacial score (nSPS) is 12.2. The average molecular weight is 302 g/mol. The molecule has 2 nitrogen and oxygen atoms in total. The Morgan fingerprint density at radius 1 is 1.10 bits per heavy atom. The van der Waals surface area contributed by atoms with E-state index in [-0.39, 0.29) is 22.8 Å². The number of hydrogen-bond acceptors (Lipinski definition) is 2. The Hall–Kier alpha value is -1.72. The minimum absolute atomic E-state index is 0.0442. The van der Waals surface area contributed by atoms with Gasteiger partial charge < -0.3 is 10.4 Å².